The number of hydrogen-bond donors (Lipinski definition) is 1. The number of likely N-dealkylation sites (tertiary alicyclic amines) is 1. The first-order valence-electron chi connectivity index (χ1n) is 4.79. The van der Waals surface area contributed by atoms with E-state index in [1.54, 1.807) is 4.90 Å². The van der Waals surface area contributed by atoms with Gasteiger partial charge in [-0.1, -0.05) is 6.92 Å². The smallest absolute Gasteiger partial charge is 0.328 e. The van der Waals surface area contributed by atoms with E-state index in [4.69, 9.17) is 5.11 Å². The second kappa shape index (κ2) is 4.79. The minimum Gasteiger partial charge on any atom is -0.478 e. The van der Waals surface area contributed by atoms with Gasteiger partial charge in [0, 0.05) is 25.2 Å². The molecular weight excluding hydrogens is 182 g/mol. The highest BCUT2D eigenvalue weighted by Crippen LogP contribution is 2.15. The van der Waals surface area contributed by atoms with Crippen molar-refractivity contribution in [2.45, 2.75) is 19.8 Å². The molecule has 1 fully saturated rings. The van der Waals surface area contributed by atoms with Gasteiger partial charge in [-0.05, 0) is 18.8 Å². The van der Waals surface area contributed by atoms with E-state index in [9.17, 15) is 9.59 Å². The van der Waals surface area contributed by atoms with Crippen molar-refractivity contribution in [2.75, 3.05) is 13.1 Å². The normalized spacial score (nSPS) is 22.6. The number of rotatable bonds is 2. The molecule has 1 amide bonds. The first kappa shape index (κ1) is 10.8. The van der Waals surface area contributed by atoms with E-state index in [1.807, 2.05) is 0 Å². The minimum absolute atomic E-state index is 0.195. The van der Waals surface area contributed by atoms with E-state index in [2.05, 4.69) is 6.92 Å². The van der Waals surface area contributed by atoms with E-state index in [0.717, 1.165) is 38.1 Å². The summed E-state index contributed by atoms with van der Waals surface area (Å²) in [6, 6.07) is 0. The van der Waals surface area contributed by atoms with Gasteiger partial charge in [0.2, 0.25) is 5.91 Å². The topological polar surface area (TPSA) is 57.6 Å². The highest BCUT2D eigenvalue weighted by atomic mass is 16.4. The van der Waals surface area contributed by atoms with Crippen LogP contribution in [0.4, 0.5) is 0 Å². The molecular formula is C10H15NO3. The van der Waals surface area contributed by atoms with Crippen LogP contribution in [0.1, 0.15) is 19.8 Å². The molecule has 1 atom stereocenters. The van der Waals surface area contributed by atoms with Gasteiger partial charge in [0.15, 0.2) is 0 Å². The van der Waals surface area contributed by atoms with Crippen LogP contribution in [0.2, 0.25) is 0 Å². The minimum atomic E-state index is -1.08. The van der Waals surface area contributed by atoms with Crippen molar-refractivity contribution in [2.24, 2.45) is 5.92 Å². The van der Waals surface area contributed by atoms with Gasteiger partial charge in [0.1, 0.15) is 0 Å². The number of amides is 1. The van der Waals surface area contributed by atoms with Crippen LogP contribution in [-0.4, -0.2) is 35.0 Å². The van der Waals surface area contributed by atoms with Crippen LogP contribution in [-0.2, 0) is 9.59 Å². The summed E-state index contributed by atoms with van der Waals surface area (Å²) >= 11 is 0. The van der Waals surface area contributed by atoms with Gasteiger partial charge < -0.3 is 10.0 Å². The SMILES string of the molecule is C[C@@H]1CCCN(C(=O)C=CC(=O)O)C1. The van der Waals surface area contributed by atoms with Gasteiger partial charge in [-0.15, -0.1) is 0 Å². The first-order valence-corrected chi connectivity index (χ1v) is 4.79. The molecule has 1 rings (SSSR count). The van der Waals surface area contributed by atoms with Crippen LogP contribution in [0.25, 0.3) is 0 Å². The lowest BCUT2D eigenvalue weighted by Gasteiger charge is -2.29. The number of carboxylic acids is 1. The fourth-order valence-electron chi connectivity index (χ4n) is 1.64. The lowest BCUT2D eigenvalue weighted by Crippen LogP contribution is -2.38. The first-order chi connectivity index (χ1) is 6.59. The maximum absolute atomic E-state index is 11.4. The zero-order valence-corrected chi connectivity index (χ0v) is 8.27. The van der Waals surface area contributed by atoms with Crippen molar-refractivity contribution in [1.82, 2.24) is 4.90 Å². The molecule has 1 aliphatic rings. The molecule has 14 heavy (non-hydrogen) atoms. The standard InChI is InChI=1S/C10H15NO3/c1-8-3-2-6-11(7-8)9(12)4-5-10(13)14/h4-5,8H,2-3,6-7H2,1H3,(H,13,14)/t8-/m1/s1. The fraction of sp³-hybridized carbons (Fsp3) is 0.600. The predicted molar refractivity (Wildman–Crippen MR) is 51.8 cm³/mol. The number of hydrogen-bond acceptors (Lipinski definition) is 2. The van der Waals surface area contributed by atoms with Crippen molar-refractivity contribution in [3.05, 3.63) is 12.2 Å². The molecule has 0 radical (unpaired) electrons. The summed E-state index contributed by atoms with van der Waals surface area (Å²) in [6.45, 7) is 3.58. The van der Waals surface area contributed by atoms with E-state index in [1.165, 1.54) is 0 Å². The van der Waals surface area contributed by atoms with Crippen molar-refractivity contribution in [3.8, 4) is 0 Å². The van der Waals surface area contributed by atoms with Crippen LogP contribution < -0.4 is 0 Å². The number of nitrogens with zero attached hydrogens (tertiary/aromatic N) is 1. The van der Waals surface area contributed by atoms with E-state index >= 15 is 0 Å². The van der Waals surface area contributed by atoms with Crippen LogP contribution in [0.3, 0.4) is 0 Å². The molecule has 0 aromatic heterocycles. The largest absolute Gasteiger partial charge is 0.478 e. The summed E-state index contributed by atoms with van der Waals surface area (Å²) in [5, 5.41) is 8.36. The summed E-state index contributed by atoms with van der Waals surface area (Å²) < 4.78 is 0. The molecule has 1 saturated heterocycles. The number of carboxylic acid groups (broad SMARTS) is 1. The summed E-state index contributed by atoms with van der Waals surface area (Å²) in [5.41, 5.74) is 0. The Balaban J connectivity index is 2.47. The highest BCUT2D eigenvalue weighted by molar-refractivity contribution is 5.93. The number of carbonyl (C=O) groups is 2. The molecule has 1 N–H and O–H groups in total. The number of carbonyl (C=O) groups excluding carboxylic acids is 1. The van der Waals surface area contributed by atoms with E-state index in [-0.39, 0.29) is 5.91 Å². The summed E-state index contributed by atoms with van der Waals surface area (Å²) in [5.74, 6) is -0.756. The second-order valence-electron chi connectivity index (χ2n) is 3.70. The average molecular weight is 197 g/mol. The Morgan fingerprint density at radius 3 is 2.71 bits per heavy atom. The van der Waals surface area contributed by atoms with Crippen LogP contribution >= 0.6 is 0 Å². The molecule has 0 saturated carbocycles. The molecule has 0 bridgehead atoms. The Kier molecular flexibility index (Phi) is 3.68. The third kappa shape index (κ3) is 3.20. The Morgan fingerprint density at radius 1 is 1.43 bits per heavy atom. The van der Waals surface area contributed by atoms with E-state index in [0.29, 0.717) is 5.92 Å². The summed E-state index contributed by atoms with van der Waals surface area (Å²) in [4.78, 5) is 23.3. The molecule has 0 unspecified atom stereocenters. The van der Waals surface area contributed by atoms with Gasteiger partial charge >= 0.3 is 5.97 Å². The molecule has 4 nitrogen and oxygen atoms in total. The van der Waals surface area contributed by atoms with Gasteiger partial charge in [-0.3, -0.25) is 4.79 Å². The Morgan fingerprint density at radius 2 is 2.14 bits per heavy atom. The Bertz CT molecular complexity index is 260. The zero-order valence-electron chi connectivity index (χ0n) is 8.27. The van der Waals surface area contributed by atoms with Gasteiger partial charge in [-0.2, -0.15) is 0 Å². The molecule has 78 valence electrons. The molecule has 0 aromatic carbocycles. The average Bonchev–Trinajstić information content (AvgIpc) is 2.14. The van der Waals surface area contributed by atoms with Crippen molar-refractivity contribution < 1.29 is 14.7 Å². The van der Waals surface area contributed by atoms with Gasteiger partial charge in [0.25, 0.3) is 0 Å². The van der Waals surface area contributed by atoms with E-state index < -0.39 is 5.97 Å². The summed E-state index contributed by atoms with van der Waals surface area (Å²) in [6.07, 6.45) is 4.17. The van der Waals surface area contributed by atoms with Crippen molar-refractivity contribution in [3.63, 3.8) is 0 Å². The maximum Gasteiger partial charge on any atom is 0.328 e. The lowest BCUT2D eigenvalue weighted by atomic mass is 10.0. The predicted octanol–water partition coefficient (Wildman–Crippen LogP) is 0.886. The van der Waals surface area contributed by atoms with Gasteiger partial charge in [-0.25, -0.2) is 4.79 Å². The molecule has 1 aliphatic heterocycles. The molecule has 0 spiro atoms. The summed E-state index contributed by atoms with van der Waals surface area (Å²) in [7, 11) is 0. The molecule has 4 heteroatoms. The quantitative estimate of drug-likeness (QED) is 0.669. The second-order valence-corrected chi connectivity index (χ2v) is 3.70. The molecule has 0 aromatic rings. The Labute approximate surface area is 83.2 Å². The highest BCUT2D eigenvalue weighted by Gasteiger charge is 2.18. The van der Waals surface area contributed by atoms with Crippen LogP contribution in [0, 0.1) is 5.92 Å². The monoisotopic (exact) mass is 197 g/mol. The lowest BCUT2D eigenvalue weighted by molar-refractivity contribution is -0.132. The third-order valence-corrected chi connectivity index (χ3v) is 2.34. The van der Waals surface area contributed by atoms with Crippen LogP contribution in [0.15, 0.2) is 12.2 Å². The Hall–Kier alpha value is -1.32. The fourth-order valence-corrected chi connectivity index (χ4v) is 1.64. The van der Waals surface area contributed by atoms with Crippen molar-refractivity contribution >= 4 is 11.9 Å². The third-order valence-electron chi connectivity index (χ3n) is 2.34. The maximum atomic E-state index is 11.4. The van der Waals surface area contributed by atoms with Crippen LogP contribution in [0.5, 0.6) is 0 Å². The van der Waals surface area contributed by atoms with Gasteiger partial charge in [0.05, 0.1) is 0 Å². The molecule has 1 heterocycles. The number of aliphatic carboxylic acids is 1. The molecule has 0 aliphatic carbocycles. The number of piperidine rings is 1. The zero-order chi connectivity index (χ0) is 10.6. The van der Waals surface area contributed by atoms with Crippen molar-refractivity contribution in [1.29, 1.82) is 0 Å².